The van der Waals surface area contributed by atoms with Gasteiger partial charge in [0.25, 0.3) is 0 Å². The Labute approximate surface area is 52.3 Å². The SMILES string of the molecule is O=P#CCOC(=O)CF. The molecule has 50 valence electrons. The predicted octanol–water partition coefficient (Wildman–Crippen LogP) is 0.750. The van der Waals surface area contributed by atoms with Gasteiger partial charge in [-0.25, -0.2) is 0 Å². The van der Waals surface area contributed by atoms with Crippen LogP contribution >= 0.6 is 7.92 Å². The number of carbonyl (C=O) groups excluding carboxylic acids is 1. The van der Waals surface area contributed by atoms with Gasteiger partial charge in [0.1, 0.15) is 0 Å². The van der Waals surface area contributed by atoms with E-state index in [1.165, 1.54) is 0 Å². The van der Waals surface area contributed by atoms with E-state index in [1.54, 1.807) is 0 Å². The number of alkyl halides is 1. The molecule has 0 bridgehead atoms. The van der Waals surface area contributed by atoms with Crippen LogP contribution in [-0.2, 0) is 14.1 Å². The Hall–Kier alpha value is -0.590. The van der Waals surface area contributed by atoms with Crippen molar-refractivity contribution in [2.45, 2.75) is 0 Å². The van der Waals surface area contributed by atoms with Crippen molar-refractivity contribution in [3.05, 3.63) is 0 Å². The molecule has 0 radical (unpaired) electrons. The van der Waals surface area contributed by atoms with Crippen molar-refractivity contribution in [3.8, 4) is 5.63 Å². The first kappa shape index (κ1) is 8.41. The first-order valence-electron chi connectivity index (χ1n) is 2.08. The van der Waals surface area contributed by atoms with Crippen LogP contribution in [0.15, 0.2) is 0 Å². The number of carbonyl (C=O) groups is 1. The molecule has 3 nitrogen and oxygen atoms in total. The van der Waals surface area contributed by atoms with Crippen LogP contribution in [0.25, 0.3) is 0 Å². The molecule has 0 aliphatic heterocycles. The number of rotatable bonds is 2. The number of ether oxygens (including phenoxy) is 1. The molecule has 0 saturated heterocycles. The predicted molar refractivity (Wildman–Crippen MR) is 28.4 cm³/mol. The van der Waals surface area contributed by atoms with E-state index in [9.17, 15) is 13.8 Å². The molecule has 9 heavy (non-hydrogen) atoms. The number of esters is 1. The zero-order valence-corrected chi connectivity index (χ0v) is 5.36. The first-order valence-corrected chi connectivity index (χ1v) is 2.89. The van der Waals surface area contributed by atoms with Crippen molar-refractivity contribution >= 4 is 13.9 Å². The van der Waals surface area contributed by atoms with E-state index in [4.69, 9.17) is 0 Å². The molecule has 0 N–H and O–H groups in total. The van der Waals surface area contributed by atoms with Crippen molar-refractivity contribution in [2.75, 3.05) is 13.3 Å². The van der Waals surface area contributed by atoms with Crippen molar-refractivity contribution in [1.82, 2.24) is 0 Å². The molecule has 0 saturated carbocycles. The Morgan fingerprint density at radius 3 is 2.89 bits per heavy atom. The van der Waals surface area contributed by atoms with Gasteiger partial charge in [-0.1, -0.05) is 0 Å². The summed E-state index contributed by atoms with van der Waals surface area (Å²) in [4.78, 5) is 9.94. The molecule has 5 heteroatoms. The zero-order valence-electron chi connectivity index (χ0n) is 4.46. The van der Waals surface area contributed by atoms with Crippen molar-refractivity contribution < 1.29 is 18.5 Å². The van der Waals surface area contributed by atoms with Gasteiger partial charge in [0.05, 0.1) is 0 Å². The summed E-state index contributed by atoms with van der Waals surface area (Å²) in [7, 11) is -0.343. The second kappa shape index (κ2) is 5.54. The van der Waals surface area contributed by atoms with Crippen molar-refractivity contribution in [2.24, 2.45) is 0 Å². The van der Waals surface area contributed by atoms with Crippen LogP contribution in [0.3, 0.4) is 0 Å². The fourth-order valence-electron chi connectivity index (χ4n) is 0.178. The van der Waals surface area contributed by atoms with Crippen LogP contribution < -0.4 is 0 Å². The summed E-state index contributed by atoms with van der Waals surface area (Å²) in [6, 6.07) is 0. The Kier molecular flexibility index (Phi) is 5.18. The maximum atomic E-state index is 11.2. The van der Waals surface area contributed by atoms with Gasteiger partial charge in [-0.2, -0.15) is 0 Å². The summed E-state index contributed by atoms with van der Waals surface area (Å²) < 4.78 is 24.9. The van der Waals surface area contributed by atoms with E-state index in [0.29, 0.717) is 0 Å². The molecule has 0 aliphatic carbocycles. The number of hydrogen-bond donors (Lipinski definition) is 0. The van der Waals surface area contributed by atoms with E-state index in [0.717, 1.165) is 0 Å². The average molecular weight is 150 g/mol. The summed E-state index contributed by atoms with van der Waals surface area (Å²) in [5.41, 5.74) is 2.12. The second-order valence-electron chi connectivity index (χ2n) is 1.04. The monoisotopic (exact) mass is 150 g/mol. The summed E-state index contributed by atoms with van der Waals surface area (Å²) in [5, 5.41) is 0. The van der Waals surface area contributed by atoms with Crippen molar-refractivity contribution in [1.29, 1.82) is 0 Å². The molecule has 0 heterocycles. The molecule has 0 fully saturated rings. The van der Waals surface area contributed by atoms with Crippen LogP contribution in [0.5, 0.6) is 0 Å². The van der Waals surface area contributed by atoms with Gasteiger partial charge in [-0.3, -0.25) is 0 Å². The molecule has 0 spiro atoms. The molecule has 0 aliphatic rings. The van der Waals surface area contributed by atoms with E-state index < -0.39 is 12.6 Å². The zero-order chi connectivity index (χ0) is 7.11. The Bertz CT molecular complexity index is 183. The quantitative estimate of drug-likeness (QED) is 0.431. The van der Waals surface area contributed by atoms with E-state index in [-0.39, 0.29) is 14.5 Å². The van der Waals surface area contributed by atoms with Gasteiger partial charge in [-0.15, -0.1) is 0 Å². The molecule has 0 aromatic heterocycles. The van der Waals surface area contributed by atoms with Crippen LogP contribution in [0, 0.1) is 5.63 Å². The summed E-state index contributed by atoms with van der Waals surface area (Å²) in [6.07, 6.45) is 0. The molecule has 0 unspecified atom stereocenters. The minimum atomic E-state index is -1.16. The van der Waals surface area contributed by atoms with Gasteiger partial charge in [0.2, 0.25) is 0 Å². The third kappa shape index (κ3) is 5.28. The summed E-state index contributed by atoms with van der Waals surface area (Å²) in [6.45, 7) is -1.38. The van der Waals surface area contributed by atoms with Gasteiger partial charge in [-0.05, 0) is 0 Å². The average Bonchev–Trinajstić information content (AvgIpc) is 1.89. The molecule has 0 atom stereocenters. The molecule has 0 aromatic rings. The normalized spacial score (nSPS) is 7.67. The fourth-order valence-corrected chi connectivity index (χ4v) is 0.295. The first-order chi connectivity index (χ1) is 4.31. The minimum absolute atomic E-state index is 0.228. The Balaban J connectivity index is 3.35. The Morgan fingerprint density at radius 2 is 2.44 bits per heavy atom. The maximum absolute atomic E-state index is 11.2. The molecule has 0 rings (SSSR count). The van der Waals surface area contributed by atoms with Gasteiger partial charge >= 0.3 is 51.3 Å². The number of hydrogen-bond acceptors (Lipinski definition) is 3. The van der Waals surface area contributed by atoms with Crippen molar-refractivity contribution in [3.63, 3.8) is 0 Å². The van der Waals surface area contributed by atoms with Crippen LogP contribution in [0.4, 0.5) is 4.39 Å². The van der Waals surface area contributed by atoms with E-state index >= 15 is 0 Å². The van der Waals surface area contributed by atoms with Gasteiger partial charge < -0.3 is 0 Å². The van der Waals surface area contributed by atoms with Crippen LogP contribution in [-0.4, -0.2) is 19.3 Å². The molecular weight excluding hydrogens is 146 g/mol. The molecule has 0 amide bonds. The van der Waals surface area contributed by atoms with Crippen LogP contribution in [0.2, 0.25) is 0 Å². The Morgan fingerprint density at radius 1 is 1.78 bits per heavy atom. The third-order valence-electron chi connectivity index (χ3n) is 0.471. The third-order valence-corrected chi connectivity index (χ3v) is 0.730. The number of halogens is 1. The summed E-state index contributed by atoms with van der Waals surface area (Å²) in [5.74, 6) is -0.967. The summed E-state index contributed by atoms with van der Waals surface area (Å²) >= 11 is 0. The molecule has 0 aromatic carbocycles. The van der Waals surface area contributed by atoms with E-state index in [1.807, 2.05) is 0 Å². The van der Waals surface area contributed by atoms with Gasteiger partial charge in [0, 0.05) is 0 Å². The standard InChI is InChI=1S/C4H4FO3P/c5-3-4(6)8-1-2-9-7/h1,3H2. The van der Waals surface area contributed by atoms with Crippen LogP contribution in [0.1, 0.15) is 0 Å². The fraction of sp³-hybridized carbons (Fsp3) is 0.500. The van der Waals surface area contributed by atoms with E-state index in [2.05, 4.69) is 10.4 Å². The topological polar surface area (TPSA) is 43.4 Å². The molecular formula is C4H4FO3P. The second-order valence-corrected chi connectivity index (χ2v) is 1.54. The van der Waals surface area contributed by atoms with Gasteiger partial charge in [0.15, 0.2) is 0 Å².